The van der Waals surface area contributed by atoms with Gasteiger partial charge in [-0.05, 0) is 93.0 Å². The van der Waals surface area contributed by atoms with Gasteiger partial charge in [-0.25, -0.2) is 0 Å². The van der Waals surface area contributed by atoms with Gasteiger partial charge in [-0.15, -0.1) is 11.3 Å². The lowest BCUT2D eigenvalue weighted by atomic mass is 9.67. The molecule has 0 spiro atoms. The largest absolute Gasteiger partial charge is 0.456 e. The number of hydrogen-bond donors (Lipinski definition) is 0. The maximum atomic E-state index is 6.67. The summed E-state index contributed by atoms with van der Waals surface area (Å²) in [6.45, 7) is 0. The molecule has 2 heterocycles. The molecule has 0 aliphatic heterocycles. The van der Waals surface area contributed by atoms with Crippen LogP contribution in [0, 0.1) is 0 Å². The van der Waals surface area contributed by atoms with Gasteiger partial charge in [0.15, 0.2) is 0 Å². The minimum absolute atomic E-state index is 0.529. The van der Waals surface area contributed by atoms with E-state index in [1.807, 2.05) is 11.3 Å². The molecule has 0 unspecified atom stereocenters. The molecule has 0 radical (unpaired) electrons. The van der Waals surface area contributed by atoms with Gasteiger partial charge in [0.05, 0.1) is 26.9 Å². The number of hydrogen-bond acceptors (Lipinski definition) is 3. The van der Waals surface area contributed by atoms with Crippen LogP contribution in [0.1, 0.15) is 22.3 Å². The summed E-state index contributed by atoms with van der Waals surface area (Å²) in [4.78, 5) is 2.49. The third-order valence-electron chi connectivity index (χ3n) is 12.1. The van der Waals surface area contributed by atoms with E-state index in [0.717, 1.165) is 44.6 Å². The summed E-state index contributed by atoms with van der Waals surface area (Å²) in [5.41, 5.74) is 14.5. The van der Waals surface area contributed by atoms with Gasteiger partial charge in [0.1, 0.15) is 11.2 Å². The van der Waals surface area contributed by atoms with Crippen LogP contribution in [0.2, 0.25) is 0 Å². The Morgan fingerprint density at radius 3 is 1.86 bits per heavy atom. The molecule has 1 aliphatic carbocycles. The summed E-state index contributed by atoms with van der Waals surface area (Å²) < 4.78 is 9.20. The zero-order valence-corrected chi connectivity index (χ0v) is 32.3. The Labute approximate surface area is 340 Å². The highest BCUT2D eigenvalue weighted by atomic mass is 32.1. The van der Waals surface area contributed by atoms with Crippen LogP contribution in [0.15, 0.2) is 217 Å². The second kappa shape index (κ2) is 12.9. The molecule has 3 heteroatoms. The van der Waals surface area contributed by atoms with Crippen molar-refractivity contribution in [2.24, 2.45) is 0 Å². The molecule has 2 nitrogen and oxygen atoms in total. The molecule has 0 fully saturated rings. The fourth-order valence-corrected chi connectivity index (χ4v) is 10.9. The number of thiophene rings is 1. The van der Waals surface area contributed by atoms with Crippen LogP contribution in [0.4, 0.5) is 17.1 Å². The van der Waals surface area contributed by atoms with Crippen molar-refractivity contribution < 1.29 is 4.42 Å². The Hall–Kier alpha value is -7.20. The Morgan fingerprint density at radius 2 is 1.05 bits per heavy atom. The van der Waals surface area contributed by atoms with Crippen molar-refractivity contribution in [1.29, 1.82) is 0 Å². The van der Waals surface area contributed by atoms with Gasteiger partial charge in [0.25, 0.3) is 0 Å². The molecule has 2 aromatic heterocycles. The Kier molecular flexibility index (Phi) is 7.35. The van der Waals surface area contributed by atoms with E-state index in [-0.39, 0.29) is 0 Å². The third-order valence-corrected chi connectivity index (χ3v) is 13.4. The summed E-state index contributed by atoms with van der Waals surface area (Å²) in [5, 5.41) is 4.72. The average molecular weight is 758 g/mol. The fourth-order valence-electron chi connectivity index (χ4n) is 9.71. The van der Waals surface area contributed by atoms with Crippen molar-refractivity contribution in [3.05, 3.63) is 235 Å². The van der Waals surface area contributed by atoms with Gasteiger partial charge in [-0.1, -0.05) is 164 Å². The quantitative estimate of drug-likeness (QED) is 0.168. The number of rotatable bonds is 6. The summed E-state index contributed by atoms with van der Waals surface area (Å²) in [7, 11) is 0. The van der Waals surface area contributed by atoms with Crippen molar-refractivity contribution >= 4 is 70.5 Å². The first kappa shape index (κ1) is 33.0. The molecule has 272 valence electrons. The van der Waals surface area contributed by atoms with Crippen LogP contribution in [0.5, 0.6) is 0 Å². The van der Waals surface area contributed by atoms with E-state index in [0.29, 0.717) is 0 Å². The molecule has 0 N–H and O–H groups in total. The van der Waals surface area contributed by atoms with E-state index in [1.165, 1.54) is 59.1 Å². The topological polar surface area (TPSA) is 16.4 Å². The first-order valence-electron chi connectivity index (χ1n) is 19.8. The van der Waals surface area contributed by atoms with Gasteiger partial charge in [-0.2, -0.15) is 0 Å². The lowest BCUT2D eigenvalue weighted by Gasteiger charge is -2.35. The molecule has 0 saturated heterocycles. The SMILES string of the molecule is c1ccc(-c2ccc3oc4cccc(N(c5cccc(C6(c7ccccc7)c7ccccc7-c7ccccc76)c5)c5cccc6c5sc5ccccc56)c4c3c2)cc1. The zero-order chi connectivity index (χ0) is 38.2. The average Bonchev–Trinajstić information content (AvgIpc) is 3.96. The molecule has 9 aromatic carbocycles. The second-order valence-electron chi connectivity index (χ2n) is 15.2. The van der Waals surface area contributed by atoms with Gasteiger partial charge < -0.3 is 9.32 Å². The van der Waals surface area contributed by atoms with E-state index >= 15 is 0 Å². The molecule has 0 amide bonds. The molecular weight excluding hydrogens is 723 g/mol. The van der Waals surface area contributed by atoms with Gasteiger partial charge >= 0.3 is 0 Å². The maximum absolute atomic E-state index is 6.67. The molecule has 11 aromatic rings. The normalized spacial score (nSPS) is 13.0. The minimum Gasteiger partial charge on any atom is -0.456 e. The number of fused-ring (bicyclic) bond motifs is 9. The Balaban J connectivity index is 1.17. The highest BCUT2D eigenvalue weighted by Crippen LogP contribution is 2.57. The molecule has 0 bridgehead atoms. The van der Waals surface area contributed by atoms with Crippen LogP contribution >= 0.6 is 11.3 Å². The summed E-state index contributed by atoms with van der Waals surface area (Å²) in [5.74, 6) is 0. The molecule has 58 heavy (non-hydrogen) atoms. The summed E-state index contributed by atoms with van der Waals surface area (Å²) in [6.07, 6.45) is 0. The van der Waals surface area contributed by atoms with Crippen LogP contribution in [0.25, 0.3) is 64.4 Å². The Bertz CT molecular complexity index is 3310. The maximum Gasteiger partial charge on any atom is 0.137 e. The lowest BCUT2D eigenvalue weighted by molar-refractivity contribution is 0.669. The van der Waals surface area contributed by atoms with Crippen molar-refractivity contribution in [3.63, 3.8) is 0 Å². The number of benzene rings is 9. The van der Waals surface area contributed by atoms with Crippen molar-refractivity contribution in [1.82, 2.24) is 0 Å². The zero-order valence-electron chi connectivity index (χ0n) is 31.5. The lowest BCUT2D eigenvalue weighted by Crippen LogP contribution is -2.28. The molecule has 1 aliphatic rings. The molecule has 0 atom stereocenters. The van der Waals surface area contributed by atoms with Crippen molar-refractivity contribution in [3.8, 4) is 22.3 Å². The minimum atomic E-state index is -0.529. The predicted molar refractivity (Wildman–Crippen MR) is 244 cm³/mol. The molecular formula is C55H35NOS. The van der Waals surface area contributed by atoms with E-state index in [2.05, 4.69) is 217 Å². The van der Waals surface area contributed by atoms with Crippen molar-refractivity contribution in [2.75, 3.05) is 4.90 Å². The number of anilines is 3. The predicted octanol–water partition coefficient (Wildman–Crippen LogP) is 15.5. The highest BCUT2D eigenvalue weighted by molar-refractivity contribution is 7.26. The standard InChI is InChI=1S/C55H35NOS/c1-3-16-36(17-4-1)37-32-33-50-45(34-37)53-48(28-15-30-51(53)57-50)56(49-29-14-25-44-43-24-9-12-31-52(43)58-54(44)49)40-21-13-20-39(35-40)55(38-18-5-2-6-19-38)46-26-10-7-22-41(46)42-23-8-11-27-47(42)55/h1-35H. The van der Waals surface area contributed by atoms with Gasteiger partial charge in [-0.3, -0.25) is 0 Å². The van der Waals surface area contributed by atoms with E-state index in [4.69, 9.17) is 4.42 Å². The highest BCUT2D eigenvalue weighted by Gasteiger charge is 2.46. The summed E-state index contributed by atoms with van der Waals surface area (Å²) >= 11 is 1.86. The van der Waals surface area contributed by atoms with Crippen LogP contribution in [-0.4, -0.2) is 0 Å². The van der Waals surface area contributed by atoms with Gasteiger partial charge in [0, 0.05) is 26.5 Å². The Morgan fingerprint density at radius 1 is 0.414 bits per heavy atom. The van der Waals surface area contributed by atoms with Crippen molar-refractivity contribution in [2.45, 2.75) is 5.41 Å². The fraction of sp³-hybridized carbons (Fsp3) is 0.0182. The third kappa shape index (κ3) is 4.78. The smallest absolute Gasteiger partial charge is 0.137 e. The molecule has 0 saturated carbocycles. The number of nitrogens with zero attached hydrogens (tertiary/aromatic N) is 1. The molecule has 12 rings (SSSR count). The van der Waals surface area contributed by atoms with E-state index < -0.39 is 5.41 Å². The first-order valence-corrected chi connectivity index (χ1v) is 20.7. The summed E-state index contributed by atoms with van der Waals surface area (Å²) in [6, 6.07) is 77.5. The second-order valence-corrected chi connectivity index (χ2v) is 16.2. The monoisotopic (exact) mass is 757 g/mol. The van der Waals surface area contributed by atoms with Gasteiger partial charge in [0.2, 0.25) is 0 Å². The first-order chi connectivity index (χ1) is 28.8. The van der Waals surface area contributed by atoms with Crippen LogP contribution in [0.3, 0.4) is 0 Å². The van der Waals surface area contributed by atoms with Crippen LogP contribution < -0.4 is 4.90 Å². The van der Waals surface area contributed by atoms with E-state index in [1.54, 1.807) is 0 Å². The van der Waals surface area contributed by atoms with E-state index in [9.17, 15) is 0 Å². The van der Waals surface area contributed by atoms with Crippen LogP contribution in [-0.2, 0) is 5.41 Å². The number of furan rings is 1.